The highest BCUT2D eigenvalue weighted by Gasteiger charge is 2.09. The van der Waals surface area contributed by atoms with Gasteiger partial charge in [0.15, 0.2) is 0 Å². The van der Waals surface area contributed by atoms with Crippen LogP contribution in [0.1, 0.15) is 22.3 Å². The van der Waals surface area contributed by atoms with Gasteiger partial charge < -0.3 is 5.11 Å². The first-order chi connectivity index (χ1) is 7.15. The lowest BCUT2D eigenvalue weighted by Gasteiger charge is -1.98. The van der Waals surface area contributed by atoms with Crippen molar-refractivity contribution in [2.75, 3.05) is 5.88 Å². The number of rotatable bonds is 2. The quantitative estimate of drug-likeness (QED) is 0.622. The monoisotopic (exact) mass is 226 g/mol. The van der Waals surface area contributed by atoms with Gasteiger partial charge in [-0.3, -0.25) is 0 Å². The Morgan fingerprint density at radius 2 is 2.27 bits per heavy atom. The van der Waals surface area contributed by atoms with E-state index in [0.717, 1.165) is 6.07 Å². The summed E-state index contributed by atoms with van der Waals surface area (Å²) < 4.78 is 12.8. The second-order valence-corrected chi connectivity index (χ2v) is 3.11. The smallest absolute Gasteiger partial charge is 0.337 e. The van der Waals surface area contributed by atoms with Crippen LogP contribution in [0.25, 0.3) is 0 Å². The van der Waals surface area contributed by atoms with Crippen molar-refractivity contribution in [3.8, 4) is 11.8 Å². The molecule has 1 aromatic carbocycles. The lowest BCUT2D eigenvalue weighted by atomic mass is 10.1. The summed E-state index contributed by atoms with van der Waals surface area (Å²) in [6.07, 6.45) is 0.470. The number of alkyl halides is 1. The van der Waals surface area contributed by atoms with E-state index in [-0.39, 0.29) is 5.56 Å². The van der Waals surface area contributed by atoms with E-state index in [4.69, 9.17) is 16.7 Å². The predicted molar refractivity (Wildman–Crippen MR) is 55.6 cm³/mol. The van der Waals surface area contributed by atoms with E-state index in [1.807, 2.05) is 0 Å². The zero-order valence-corrected chi connectivity index (χ0v) is 8.51. The Balaban J connectivity index is 3.08. The minimum Gasteiger partial charge on any atom is -0.478 e. The number of carboxylic acid groups (broad SMARTS) is 1. The second-order valence-electron chi connectivity index (χ2n) is 2.74. The van der Waals surface area contributed by atoms with Crippen LogP contribution in [0, 0.1) is 17.7 Å². The summed E-state index contributed by atoms with van der Waals surface area (Å²) in [5.74, 6) is 3.95. The molecule has 0 saturated carbocycles. The SMILES string of the molecule is O=C(O)c1cc(F)ccc1C#CCCCl. The Labute approximate surface area is 91.7 Å². The zero-order chi connectivity index (χ0) is 11.3. The van der Waals surface area contributed by atoms with Gasteiger partial charge in [0, 0.05) is 17.9 Å². The minimum atomic E-state index is -1.19. The molecular weight excluding hydrogens is 219 g/mol. The van der Waals surface area contributed by atoms with Crippen molar-refractivity contribution in [2.24, 2.45) is 0 Å². The van der Waals surface area contributed by atoms with Crippen molar-refractivity contribution in [3.63, 3.8) is 0 Å². The Bertz CT molecular complexity index is 432. The molecular formula is C11H8ClFO2. The van der Waals surface area contributed by atoms with Crippen molar-refractivity contribution in [1.82, 2.24) is 0 Å². The normalized spacial score (nSPS) is 9.20. The third kappa shape index (κ3) is 3.26. The summed E-state index contributed by atoms with van der Waals surface area (Å²) in [6.45, 7) is 0. The summed E-state index contributed by atoms with van der Waals surface area (Å²) in [5.41, 5.74) is 0.172. The number of benzene rings is 1. The van der Waals surface area contributed by atoms with E-state index in [9.17, 15) is 9.18 Å². The van der Waals surface area contributed by atoms with E-state index in [1.54, 1.807) is 0 Å². The molecule has 0 fully saturated rings. The maximum Gasteiger partial charge on any atom is 0.337 e. The molecule has 15 heavy (non-hydrogen) atoms. The first-order valence-corrected chi connectivity index (χ1v) is 4.76. The highest BCUT2D eigenvalue weighted by molar-refractivity contribution is 6.18. The molecule has 0 radical (unpaired) electrons. The van der Waals surface area contributed by atoms with E-state index in [0.29, 0.717) is 17.9 Å². The van der Waals surface area contributed by atoms with Gasteiger partial charge in [0.2, 0.25) is 0 Å². The van der Waals surface area contributed by atoms with Gasteiger partial charge in [-0.1, -0.05) is 11.8 Å². The lowest BCUT2D eigenvalue weighted by Crippen LogP contribution is -2.00. The minimum absolute atomic E-state index is 0.128. The third-order valence-corrected chi connectivity index (χ3v) is 1.84. The Kier molecular flexibility index (Phi) is 4.14. The number of hydrogen-bond acceptors (Lipinski definition) is 1. The van der Waals surface area contributed by atoms with Gasteiger partial charge in [0.1, 0.15) is 5.82 Å². The van der Waals surface area contributed by atoms with E-state index < -0.39 is 11.8 Å². The van der Waals surface area contributed by atoms with Gasteiger partial charge in [-0.05, 0) is 18.2 Å². The molecule has 0 atom stereocenters. The van der Waals surface area contributed by atoms with Crippen LogP contribution in [-0.2, 0) is 0 Å². The van der Waals surface area contributed by atoms with Gasteiger partial charge in [0.05, 0.1) is 5.56 Å². The van der Waals surface area contributed by atoms with Crippen LogP contribution >= 0.6 is 11.6 Å². The second kappa shape index (κ2) is 5.38. The van der Waals surface area contributed by atoms with Crippen LogP contribution in [0.2, 0.25) is 0 Å². The third-order valence-electron chi connectivity index (χ3n) is 1.65. The molecule has 4 heteroatoms. The first-order valence-electron chi connectivity index (χ1n) is 4.23. The van der Waals surface area contributed by atoms with Gasteiger partial charge in [-0.25, -0.2) is 9.18 Å². The molecule has 1 rings (SSSR count). The van der Waals surface area contributed by atoms with E-state index in [1.165, 1.54) is 12.1 Å². The molecule has 0 aliphatic heterocycles. The summed E-state index contributed by atoms with van der Waals surface area (Å²) >= 11 is 5.42. The van der Waals surface area contributed by atoms with E-state index in [2.05, 4.69) is 11.8 Å². The van der Waals surface area contributed by atoms with Gasteiger partial charge >= 0.3 is 5.97 Å². The molecule has 0 aromatic heterocycles. The molecule has 2 nitrogen and oxygen atoms in total. The number of carboxylic acids is 1. The number of hydrogen-bond donors (Lipinski definition) is 1. The van der Waals surface area contributed by atoms with Crippen molar-refractivity contribution in [1.29, 1.82) is 0 Å². The van der Waals surface area contributed by atoms with Crippen molar-refractivity contribution >= 4 is 17.6 Å². The largest absolute Gasteiger partial charge is 0.478 e. The average molecular weight is 227 g/mol. The molecule has 0 heterocycles. The van der Waals surface area contributed by atoms with Crippen molar-refractivity contribution in [2.45, 2.75) is 6.42 Å². The summed E-state index contributed by atoms with van der Waals surface area (Å²) in [5, 5.41) is 8.79. The molecule has 1 N–H and O–H groups in total. The van der Waals surface area contributed by atoms with Gasteiger partial charge in [-0.15, -0.1) is 11.6 Å². The number of carbonyl (C=O) groups is 1. The fourth-order valence-corrected chi connectivity index (χ4v) is 1.10. The van der Waals surface area contributed by atoms with Crippen molar-refractivity contribution < 1.29 is 14.3 Å². The molecule has 0 spiro atoms. The maximum absolute atomic E-state index is 12.8. The fraction of sp³-hybridized carbons (Fsp3) is 0.182. The topological polar surface area (TPSA) is 37.3 Å². The fourth-order valence-electron chi connectivity index (χ4n) is 1.01. The standard InChI is InChI=1S/C11H8ClFO2/c12-6-2-1-3-8-4-5-9(13)7-10(8)11(14)15/h4-5,7H,2,6H2,(H,14,15). The molecule has 0 unspecified atom stereocenters. The van der Waals surface area contributed by atoms with Crippen LogP contribution in [-0.4, -0.2) is 17.0 Å². The van der Waals surface area contributed by atoms with E-state index >= 15 is 0 Å². The van der Waals surface area contributed by atoms with Gasteiger partial charge in [-0.2, -0.15) is 0 Å². The van der Waals surface area contributed by atoms with Crippen LogP contribution in [0.3, 0.4) is 0 Å². The number of halogens is 2. The van der Waals surface area contributed by atoms with Gasteiger partial charge in [0.25, 0.3) is 0 Å². The zero-order valence-electron chi connectivity index (χ0n) is 7.76. The van der Waals surface area contributed by atoms with Crippen LogP contribution in [0.5, 0.6) is 0 Å². The maximum atomic E-state index is 12.8. The molecule has 0 bridgehead atoms. The molecule has 0 amide bonds. The average Bonchev–Trinajstić information content (AvgIpc) is 2.20. The highest BCUT2D eigenvalue weighted by atomic mass is 35.5. The Morgan fingerprint density at radius 3 is 2.87 bits per heavy atom. The first kappa shape index (κ1) is 11.5. The molecule has 78 valence electrons. The Morgan fingerprint density at radius 1 is 1.53 bits per heavy atom. The number of aromatic carboxylic acids is 1. The summed E-state index contributed by atoms with van der Waals surface area (Å²) in [6, 6.07) is 3.48. The summed E-state index contributed by atoms with van der Waals surface area (Å²) in [4.78, 5) is 10.7. The summed E-state index contributed by atoms with van der Waals surface area (Å²) in [7, 11) is 0. The molecule has 0 saturated heterocycles. The molecule has 0 aliphatic carbocycles. The Hall–Kier alpha value is -1.53. The van der Waals surface area contributed by atoms with Crippen LogP contribution < -0.4 is 0 Å². The predicted octanol–water partition coefficient (Wildman–Crippen LogP) is 2.50. The van der Waals surface area contributed by atoms with Crippen molar-refractivity contribution in [3.05, 3.63) is 35.1 Å². The van der Waals surface area contributed by atoms with Crippen LogP contribution in [0.15, 0.2) is 18.2 Å². The molecule has 0 aliphatic rings. The van der Waals surface area contributed by atoms with Crippen LogP contribution in [0.4, 0.5) is 4.39 Å². The lowest BCUT2D eigenvalue weighted by molar-refractivity contribution is 0.0696. The molecule has 1 aromatic rings. The highest BCUT2D eigenvalue weighted by Crippen LogP contribution is 2.10.